The van der Waals surface area contributed by atoms with Crippen LogP contribution in [0, 0.1) is 6.92 Å². The van der Waals surface area contributed by atoms with E-state index in [2.05, 4.69) is 20.5 Å². The lowest BCUT2D eigenvalue weighted by molar-refractivity contribution is 0.813. The molecule has 6 heteroatoms. The van der Waals surface area contributed by atoms with Crippen LogP contribution in [-0.2, 0) is 13.6 Å². The SMILES string of the molecule is Cc1cc2c(NCc3nncn3C)ccc(N)c2cn1. The number of nitrogens with zero attached hydrogens (tertiary/aromatic N) is 4. The van der Waals surface area contributed by atoms with Crippen LogP contribution in [0.25, 0.3) is 10.8 Å². The summed E-state index contributed by atoms with van der Waals surface area (Å²) in [6, 6.07) is 5.90. The molecule has 0 spiro atoms. The molecule has 2 heterocycles. The normalized spacial score (nSPS) is 10.9. The first-order valence-electron chi connectivity index (χ1n) is 6.37. The third-order valence-electron chi connectivity index (χ3n) is 3.31. The Bertz CT molecular complexity index is 761. The highest BCUT2D eigenvalue weighted by molar-refractivity contribution is 6.00. The van der Waals surface area contributed by atoms with Crippen LogP contribution in [-0.4, -0.2) is 19.7 Å². The molecule has 2 aromatic heterocycles. The minimum Gasteiger partial charge on any atom is -0.398 e. The molecule has 6 nitrogen and oxygen atoms in total. The van der Waals surface area contributed by atoms with Crippen LogP contribution in [0.5, 0.6) is 0 Å². The molecule has 102 valence electrons. The summed E-state index contributed by atoms with van der Waals surface area (Å²) in [7, 11) is 1.92. The highest BCUT2D eigenvalue weighted by Gasteiger charge is 2.06. The Morgan fingerprint density at radius 1 is 1.30 bits per heavy atom. The van der Waals surface area contributed by atoms with Crippen molar-refractivity contribution in [2.24, 2.45) is 7.05 Å². The zero-order chi connectivity index (χ0) is 14.1. The molecule has 0 fully saturated rings. The summed E-state index contributed by atoms with van der Waals surface area (Å²) in [4.78, 5) is 4.30. The van der Waals surface area contributed by atoms with Crippen LogP contribution in [0.15, 0.2) is 30.7 Å². The standard InChI is InChI=1S/C14H16N6/c1-9-5-10-11(6-16-9)12(15)3-4-13(10)17-7-14-19-18-8-20(14)2/h3-6,8,17H,7,15H2,1-2H3. The number of benzene rings is 1. The Morgan fingerprint density at radius 2 is 2.15 bits per heavy atom. The molecular weight excluding hydrogens is 252 g/mol. The van der Waals surface area contributed by atoms with Crippen LogP contribution in [0.1, 0.15) is 11.5 Å². The molecule has 0 unspecified atom stereocenters. The van der Waals surface area contributed by atoms with Gasteiger partial charge in [0.1, 0.15) is 6.33 Å². The summed E-state index contributed by atoms with van der Waals surface area (Å²) in [6.07, 6.45) is 3.50. The molecule has 0 saturated heterocycles. The summed E-state index contributed by atoms with van der Waals surface area (Å²) in [6.45, 7) is 2.58. The number of nitrogens with two attached hydrogens (primary N) is 1. The Labute approximate surface area is 116 Å². The number of fused-ring (bicyclic) bond motifs is 1. The molecule has 0 bridgehead atoms. The first-order chi connectivity index (χ1) is 9.65. The van der Waals surface area contributed by atoms with Gasteiger partial charge in [-0.3, -0.25) is 4.98 Å². The summed E-state index contributed by atoms with van der Waals surface area (Å²) < 4.78 is 1.89. The summed E-state index contributed by atoms with van der Waals surface area (Å²) >= 11 is 0. The van der Waals surface area contributed by atoms with Gasteiger partial charge >= 0.3 is 0 Å². The monoisotopic (exact) mass is 268 g/mol. The van der Waals surface area contributed by atoms with Crippen molar-refractivity contribution < 1.29 is 0 Å². The average molecular weight is 268 g/mol. The number of hydrogen-bond donors (Lipinski definition) is 2. The van der Waals surface area contributed by atoms with Gasteiger partial charge in [0.05, 0.1) is 6.54 Å². The van der Waals surface area contributed by atoms with Crippen molar-refractivity contribution >= 4 is 22.1 Å². The maximum absolute atomic E-state index is 6.00. The van der Waals surface area contributed by atoms with E-state index in [0.29, 0.717) is 6.54 Å². The number of nitrogen functional groups attached to an aromatic ring is 1. The second-order valence-electron chi connectivity index (χ2n) is 4.79. The van der Waals surface area contributed by atoms with E-state index < -0.39 is 0 Å². The highest BCUT2D eigenvalue weighted by Crippen LogP contribution is 2.28. The third-order valence-corrected chi connectivity index (χ3v) is 3.31. The van der Waals surface area contributed by atoms with Gasteiger partial charge < -0.3 is 15.6 Å². The smallest absolute Gasteiger partial charge is 0.151 e. The van der Waals surface area contributed by atoms with Gasteiger partial charge in [0.25, 0.3) is 0 Å². The molecule has 0 aliphatic carbocycles. The molecule has 1 aromatic carbocycles. The number of rotatable bonds is 3. The topological polar surface area (TPSA) is 81.7 Å². The van der Waals surface area contributed by atoms with Gasteiger partial charge in [-0.25, -0.2) is 0 Å². The summed E-state index contributed by atoms with van der Waals surface area (Å²) in [5.74, 6) is 0.876. The number of aromatic nitrogens is 4. The molecule has 0 aliphatic rings. The van der Waals surface area contributed by atoms with Crippen LogP contribution < -0.4 is 11.1 Å². The van der Waals surface area contributed by atoms with Gasteiger partial charge in [-0.2, -0.15) is 0 Å². The maximum atomic E-state index is 6.00. The van der Waals surface area contributed by atoms with E-state index in [0.717, 1.165) is 33.7 Å². The number of anilines is 2. The first kappa shape index (κ1) is 12.4. The van der Waals surface area contributed by atoms with Crippen molar-refractivity contribution in [3.8, 4) is 0 Å². The fourth-order valence-electron chi connectivity index (χ4n) is 2.16. The molecule has 0 saturated carbocycles. The first-order valence-corrected chi connectivity index (χ1v) is 6.37. The minimum atomic E-state index is 0.608. The van der Waals surface area contributed by atoms with Crippen molar-refractivity contribution in [1.82, 2.24) is 19.7 Å². The van der Waals surface area contributed by atoms with Gasteiger partial charge in [0.15, 0.2) is 5.82 Å². The third kappa shape index (κ3) is 2.16. The molecule has 0 radical (unpaired) electrons. The lowest BCUT2D eigenvalue weighted by atomic mass is 10.1. The van der Waals surface area contributed by atoms with E-state index in [4.69, 9.17) is 5.73 Å². The quantitative estimate of drug-likeness (QED) is 0.709. The van der Waals surface area contributed by atoms with Crippen molar-refractivity contribution in [1.29, 1.82) is 0 Å². The second-order valence-corrected chi connectivity index (χ2v) is 4.79. The molecule has 0 aliphatic heterocycles. The summed E-state index contributed by atoms with van der Waals surface area (Å²) in [5.41, 5.74) is 8.71. The second kappa shape index (κ2) is 4.80. The van der Waals surface area contributed by atoms with Crippen LogP contribution in [0.2, 0.25) is 0 Å². The molecular formula is C14H16N6. The van der Waals surface area contributed by atoms with E-state index in [9.17, 15) is 0 Å². The van der Waals surface area contributed by atoms with Crippen molar-refractivity contribution in [2.45, 2.75) is 13.5 Å². The zero-order valence-electron chi connectivity index (χ0n) is 11.5. The van der Waals surface area contributed by atoms with Crippen molar-refractivity contribution in [2.75, 3.05) is 11.1 Å². The van der Waals surface area contributed by atoms with E-state index in [1.807, 2.05) is 42.9 Å². The Balaban J connectivity index is 1.97. The van der Waals surface area contributed by atoms with Crippen LogP contribution in [0.3, 0.4) is 0 Å². The lowest BCUT2D eigenvalue weighted by Crippen LogP contribution is -2.06. The van der Waals surface area contributed by atoms with E-state index in [-0.39, 0.29) is 0 Å². The van der Waals surface area contributed by atoms with Gasteiger partial charge in [-0.15, -0.1) is 10.2 Å². The average Bonchev–Trinajstić information content (AvgIpc) is 2.83. The Kier molecular flexibility index (Phi) is 2.98. The molecule has 0 atom stereocenters. The van der Waals surface area contributed by atoms with Crippen molar-refractivity contribution in [3.05, 3.63) is 42.2 Å². The van der Waals surface area contributed by atoms with Crippen LogP contribution >= 0.6 is 0 Å². The molecule has 3 rings (SSSR count). The molecule has 3 aromatic rings. The number of pyridine rings is 1. The van der Waals surface area contributed by atoms with Crippen molar-refractivity contribution in [3.63, 3.8) is 0 Å². The largest absolute Gasteiger partial charge is 0.398 e. The van der Waals surface area contributed by atoms with Gasteiger partial charge in [-0.1, -0.05) is 0 Å². The predicted molar refractivity (Wildman–Crippen MR) is 79.2 cm³/mol. The van der Waals surface area contributed by atoms with Gasteiger partial charge in [-0.05, 0) is 25.1 Å². The van der Waals surface area contributed by atoms with Gasteiger partial charge in [0.2, 0.25) is 0 Å². The Hall–Kier alpha value is -2.63. The number of hydrogen-bond acceptors (Lipinski definition) is 5. The minimum absolute atomic E-state index is 0.608. The fraction of sp³-hybridized carbons (Fsp3) is 0.214. The van der Waals surface area contributed by atoms with E-state index in [1.165, 1.54) is 0 Å². The lowest BCUT2D eigenvalue weighted by Gasteiger charge is -2.11. The summed E-state index contributed by atoms with van der Waals surface area (Å²) in [5, 5.41) is 13.3. The predicted octanol–water partition coefficient (Wildman–Crippen LogP) is 1.87. The van der Waals surface area contributed by atoms with Gasteiger partial charge in [0, 0.05) is 41.1 Å². The zero-order valence-corrected chi connectivity index (χ0v) is 11.5. The fourth-order valence-corrected chi connectivity index (χ4v) is 2.16. The van der Waals surface area contributed by atoms with Crippen LogP contribution in [0.4, 0.5) is 11.4 Å². The maximum Gasteiger partial charge on any atom is 0.151 e. The molecule has 20 heavy (non-hydrogen) atoms. The molecule has 0 amide bonds. The highest BCUT2D eigenvalue weighted by atomic mass is 15.3. The number of nitrogens with one attached hydrogen (secondary N) is 1. The van der Waals surface area contributed by atoms with E-state index >= 15 is 0 Å². The number of aryl methyl sites for hydroxylation is 2. The Morgan fingerprint density at radius 3 is 2.90 bits per heavy atom. The van der Waals surface area contributed by atoms with E-state index in [1.54, 1.807) is 6.33 Å². The molecule has 3 N–H and O–H groups in total.